The Morgan fingerprint density at radius 3 is 2.48 bits per heavy atom. The molecular weight excluding hydrogens is 358 g/mol. The third-order valence-corrected chi connectivity index (χ3v) is 6.12. The van der Waals surface area contributed by atoms with E-state index in [9.17, 15) is 4.79 Å². The highest BCUT2D eigenvalue weighted by Gasteiger charge is 2.34. The third-order valence-electron chi connectivity index (χ3n) is 5.12. The Balaban J connectivity index is 1.55. The molecule has 0 saturated carbocycles. The van der Waals surface area contributed by atoms with Gasteiger partial charge in [-0.05, 0) is 36.1 Å². The van der Waals surface area contributed by atoms with Gasteiger partial charge in [0.05, 0.1) is 12.9 Å². The van der Waals surface area contributed by atoms with Crippen LogP contribution < -0.4 is 10.1 Å². The Hall–Kier alpha value is -1.98. The summed E-state index contributed by atoms with van der Waals surface area (Å²) < 4.78 is 10.8. The van der Waals surface area contributed by atoms with Gasteiger partial charge in [-0.3, -0.25) is 4.79 Å². The molecule has 3 rings (SSSR count). The van der Waals surface area contributed by atoms with Crippen LogP contribution in [0.4, 0.5) is 0 Å². The lowest BCUT2D eigenvalue weighted by Gasteiger charge is -2.38. The second-order valence-electron chi connectivity index (χ2n) is 6.88. The van der Waals surface area contributed by atoms with Crippen LogP contribution in [0.15, 0.2) is 54.6 Å². The highest BCUT2D eigenvalue weighted by molar-refractivity contribution is 7.99. The zero-order chi connectivity index (χ0) is 19.0. The number of rotatable bonds is 8. The first-order valence-electron chi connectivity index (χ1n) is 9.32. The van der Waals surface area contributed by atoms with Crippen LogP contribution >= 0.6 is 11.8 Å². The van der Waals surface area contributed by atoms with Gasteiger partial charge in [0.1, 0.15) is 5.75 Å². The first-order valence-corrected chi connectivity index (χ1v) is 10.5. The average molecular weight is 386 g/mol. The zero-order valence-corrected chi connectivity index (χ0v) is 16.6. The Bertz CT molecular complexity index is 712. The van der Waals surface area contributed by atoms with E-state index in [1.54, 1.807) is 18.9 Å². The van der Waals surface area contributed by atoms with Crippen molar-refractivity contribution in [3.05, 3.63) is 65.7 Å². The predicted octanol–water partition coefficient (Wildman–Crippen LogP) is 3.79. The summed E-state index contributed by atoms with van der Waals surface area (Å²) in [5.74, 6) is 2.27. The molecule has 0 spiro atoms. The van der Waals surface area contributed by atoms with Crippen LogP contribution in [0.3, 0.4) is 0 Å². The van der Waals surface area contributed by atoms with E-state index >= 15 is 0 Å². The monoisotopic (exact) mass is 385 g/mol. The van der Waals surface area contributed by atoms with Crippen LogP contribution in [0.25, 0.3) is 0 Å². The lowest BCUT2D eigenvalue weighted by Crippen LogP contribution is -2.45. The molecule has 1 fully saturated rings. The molecule has 2 aromatic carbocycles. The molecule has 1 amide bonds. The fourth-order valence-corrected chi connectivity index (χ4v) is 4.25. The Morgan fingerprint density at radius 1 is 1.11 bits per heavy atom. The maximum Gasteiger partial charge on any atom is 0.230 e. The molecular formula is C22H27NO3S. The first kappa shape index (κ1) is 19.8. The van der Waals surface area contributed by atoms with Crippen LogP contribution in [-0.2, 0) is 20.7 Å². The predicted molar refractivity (Wildman–Crippen MR) is 110 cm³/mol. The van der Waals surface area contributed by atoms with Crippen LogP contribution in [0.1, 0.15) is 24.0 Å². The van der Waals surface area contributed by atoms with E-state index < -0.39 is 0 Å². The van der Waals surface area contributed by atoms with Crippen molar-refractivity contribution in [2.45, 2.75) is 24.0 Å². The van der Waals surface area contributed by atoms with Gasteiger partial charge in [0, 0.05) is 30.9 Å². The number of ether oxygens (including phenoxy) is 2. The summed E-state index contributed by atoms with van der Waals surface area (Å²) in [6.45, 7) is 2.10. The summed E-state index contributed by atoms with van der Waals surface area (Å²) in [4.78, 5) is 12.4. The summed E-state index contributed by atoms with van der Waals surface area (Å²) in [5, 5.41) is 3.16. The highest BCUT2D eigenvalue weighted by Crippen LogP contribution is 2.35. The van der Waals surface area contributed by atoms with Crippen LogP contribution in [-0.4, -0.2) is 38.5 Å². The van der Waals surface area contributed by atoms with Gasteiger partial charge in [-0.15, -0.1) is 11.8 Å². The van der Waals surface area contributed by atoms with Gasteiger partial charge in [0.25, 0.3) is 0 Å². The summed E-state index contributed by atoms with van der Waals surface area (Å²) in [6, 6.07) is 18.4. The van der Waals surface area contributed by atoms with Crippen LogP contribution in [0.2, 0.25) is 0 Å². The molecule has 0 aromatic heterocycles. The van der Waals surface area contributed by atoms with Gasteiger partial charge < -0.3 is 14.8 Å². The summed E-state index contributed by atoms with van der Waals surface area (Å²) in [6.07, 6.45) is 1.83. The molecule has 27 heavy (non-hydrogen) atoms. The number of carbonyl (C=O) groups is 1. The second kappa shape index (κ2) is 9.81. The summed E-state index contributed by atoms with van der Waals surface area (Å²) in [5.41, 5.74) is 2.42. The first-order chi connectivity index (χ1) is 13.2. The highest BCUT2D eigenvalue weighted by atomic mass is 32.2. The van der Waals surface area contributed by atoms with Crippen LogP contribution in [0.5, 0.6) is 5.75 Å². The van der Waals surface area contributed by atoms with Crippen LogP contribution in [0, 0.1) is 0 Å². The number of methoxy groups -OCH3 is 1. The van der Waals surface area contributed by atoms with Crippen molar-refractivity contribution in [1.82, 2.24) is 5.32 Å². The molecule has 1 heterocycles. The second-order valence-corrected chi connectivity index (χ2v) is 7.86. The molecule has 144 valence electrons. The fourth-order valence-electron chi connectivity index (χ4n) is 3.43. The molecule has 2 aromatic rings. The van der Waals surface area contributed by atoms with Crippen molar-refractivity contribution in [2.24, 2.45) is 0 Å². The van der Waals surface area contributed by atoms with Crippen molar-refractivity contribution in [3.8, 4) is 5.75 Å². The van der Waals surface area contributed by atoms with Gasteiger partial charge in [-0.1, -0.05) is 42.5 Å². The van der Waals surface area contributed by atoms with Gasteiger partial charge in [0.2, 0.25) is 5.91 Å². The summed E-state index contributed by atoms with van der Waals surface area (Å²) >= 11 is 1.65. The van der Waals surface area contributed by atoms with E-state index in [1.165, 1.54) is 11.1 Å². The third kappa shape index (κ3) is 5.50. The van der Waals surface area contributed by atoms with Crippen molar-refractivity contribution in [1.29, 1.82) is 0 Å². The average Bonchev–Trinajstić information content (AvgIpc) is 2.74. The number of hydrogen-bond donors (Lipinski definition) is 1. The number of benzene rings is 2. The molecule has 1 N–H and O–H groups in total. The molecule has 1 aliphatic heterocycles. The number of hydrogen-bond acceptors (Lipinski definition) is 4. The molecule has 1 aliphatic rings. The van der Waals surface area contributed by atoms with E-state index in [-0.39, 0.29) is 11.3 Å². The molecule has 4 nitrogen and oxygen atoms in total. The number of thioether (sulfide) groups is 1. The van der Waals surface area contributed by atoms with Crippen molar-refractivity contribution in [2.75, 3.05) is 32.6 Å². The number of carbonyl (C=O) groups excluding carboxylic acids is 1. The minimum atomic E-state index is -0.0652. The fraction of sp³-hybridized carbons (Fsp3) is 0.409. The van der Waals surface area contributed by atoms with E-state index in [4.69, 9.17) is 9.47 Å². The molecule has 0 bridgehead atoms. The van der Waals surface area contributed by atoms with Gasteiger partial charge >= 0.3 is 0 Å². The smallest absolute Gasteiger partial charge is 0.230 e. The lowest BCUT2D eigenvalue weighted by molar-refractivity contribution is -0.119. The Labute approximate surface area is 165 Å². The molecule has 0 unspecified atom stereocenters. The number of nitrogens with one attached hydrogen (secondary N) is 1. The van der Waals surface area contributed by atoms with Gasteiger partial charge in [0.15, 0.2) is 0 Å². The molecule has 0 atom stereocenters. The zero-order valence-electron chi connectivity index (χ0n) is 15.8. The molecule has 0 radical (unpaired) electrons. The minimum absolute atomic E-state index is 0.0652. The Kier molecular flexibility index (Phi) is 7.18. The maximum atomic E-state index is 12.4. The number of amides is 1. The van der Waals surface area contributed by atoms with Gasteiger partial charge in [-0.25, -0.2) is 0 Å². The molecule has 1 saturated heterocycles. The largest absolute Gasteiger partial charge is 0.497 e. The Morgan fingerprint density at radius 2 is 1.81 bits per heavy atom. The van der Waals surface area contributed by atoms with E-state index in [1.807, 2.05) is 30.3 Å². The normalized spacial score (nSPS) is 15.9. The van der Waals surface area contributed by atoms with Crippen molar-refractivity contribution < 1.29 is 14.3 Å². The standard InChI is InChI=1S/C22H27NO3S/c1-25-20-9-7-19(8-10-20)22(11-13-26-14-12-22)17-23-21(24)16-27-15-18-5-3-2-4-6-18/h2-10H,11-17H2,1H3,(H,23,24). The topological polar surface area (TPSA) is 47.6 Å². The maximum absolute atomic E-state index is 12.4. The SMILES string of the molecule is COc1ccc(C2(CNC(=O)CSCc3ccccc3)CCOCC2)cc1. The summed E-state index contributed by atoms with van der Waals surface area (Å²) in [7, 11) is 1.67. The minimum Gasteiger partial charge on any atom is -0.497 e. The van der Waals surface area contributed by atoms with E-state index in [0.29, 0.717) is 12.3 Å². The molecule has 5 heteroatoms. The lowest BCUT2D eigenvalue weighted by atomic mass is 9.74. The van der Waals surface area contributed by atoms with E-state index in [2.05, 4.69) is 29.6 Å². The van der Waals surface area contributed by atoms with Crippen molar-refractivity contribution in [3.63, 3.8) is 0 Å². The van der Waals surface area contributed by atoms with Gasteiger partial charge in [-0.2, -0.15) is 0 Å². The molecule has 0 aliphatic carbocycles. The van der Waals surface area contributed by atoms with E-state index in [0.717, 1.165) is 37.6 Å². The quantitative estimate of drug-likeness (QED) is 0.751. The van der Waals surface area contributed by atoms with Crippen molar-refractivity contribution >= 4 is 17.7 Å².